The minimum Gasteiger partial charge on any atom is -0.489 e. The molecule has 10 heteroatoms. The second kappa shape index (κ2) is 9.36. The van der Waals surface area contributed by atoms with E-state index in [4.69, 9.17) is 9.72 Å². The van der Waals surface area contributed by atoms with Crippen molar-refractivity contribution in [1.29, 1.82) is 0 Å². The van der Waals surface area contributed by atoms with E-state index in [-0.39, 0.29) is 12.0 Å². The number of ether oxygens (including phenoxy) is 1. The number of carboxylic acid groups (broad SMARTS) is 1. The third-order valence-corrected chi connectivity index (χ3v) is 6.65. The maximum Gasteiger partial charge on any atom is 0.306 e. The third-order valence-electron chi connectivity index (χ3n) is 6.65. The molecule has 0 saturated heterocycles. The minimum absolute atomic E-state index is 0.106. The Kier molecular flexibility index (Phi) is 6.12. The second-order valence-corrected chi connectivity index (χ2v) is 9.23. The average molecular weight is 464 g/mol. The van der Waals surface area contributed by atoms with E-state index in [1.807, 2.05) is 32.3 Å². The van der Waals surface area contributed by atoms with Gasteiger partial charge in [-0.2, -0.15) is 5.10 Å². The van der Waals surface area contributed by atoms with Gasteiger partial charge in [-0.25, -0.2) is 9.67 Å². The van der Waals surface area contributed by atoms with Crippen LogP contribution < -0.4 is 10.1 Å². The molecule has 2 saturated carbocycles. The molecule has 0 radical (unpaired) electrons. The lowest BCUT2D eigenvalue weighted by molar-refractivity contribution is -0.143. The Labute approximate surface area is 197 Å². The first kappa shape index (κ1) is 22.2. The van der Waals surface area contributed by atoms with Gasteiger partial charge >= 0.3 is 5.97 Å². The van der Waals surface area contributed by atoms with E-state index >= 15 is 0 Å². The number of hydrogen-bond acceptors (Lipinski definition) is 8. The lowest BCUT2D eigenvalue weighted by Crippen LogP contribution is -2.29. The van der Waals surface area contributed by atoms with Crippen LogP contribution in [0.25, 0.3) is 11.4 Å². The molecule has 2 aliphatic rings. The Morgan fingerprint density at radius 3 is 2.85 bits per heavy atom. The first-order valence-electron chi connectivity index (χ1n) is 11.8. The van der Waals surface area contributed by atoms with Crippen LogP contribution >= 0.6 is 0 Å². The number of carbonyl (C=O) groups is 1. The third kappa shape index (κ3) is 4.85. The van der Waals surface area contributed by atoms with Crippen LogP contribution in [0, 0.1) is 12.8 Å². The number of anilines is 1. The monoisotopic (exact) mass is 463 g/mol. The number of aromatic nitrogens is 6. The standard InChI is InChI=1S/C24H29N7O3/c1-14-21(34-18-5-3-4-16(10-18)24(32)33)9-8-19(27-14)23-20(31(2)30-29-23)13-25-22-11-17(12-26-28-22)15-6-7-15/h8-9,11-12,15-16,18H,3-7,10,13H2,1-2H3,(H,25,28)(H,32,33)/t16-,18-/m0/s1. The number of pyridine rings is 1. The normalized spacial score (nSPS) is 20.2. The summed E-state index contributed by atoms with van der Waals surface area (Å²) in [5.74, 6) is 0.941. The Balaban J connectivity index is 1.29. The number of carboxylic acids is 1. The summed E-state index contributed by atoms with van der Waals surface area (Å²) < 4.78 is 7.87. The van der Waals surface area contributed by atoms with E-state index in [2.05, 4.69) is 31.9 Å². The van der Waals surface area contributed by atoms with E-state index in [9.17, 15) is 9.90 Å². The van der Waals surface area contributed by atoms with Crippen molar-refractivity contribution in [3.8, 4) is 17.1 Å². The molecule has 10 nitrogen and oxygen atoms in total. The molecule has 3 aromatic heterocycles. The van der Waals surface area contributed by atoms with Crippen molar-refractivity contribution >= 4 is 11.8 Å². The molecular weight excluding hydrogens is 434 g/mol. The zero-order valence-corrected chi connectivity index (χ0v) is 19.4. The fraction of sp³-hybridized carbons (Fsp3) is 0.500. The molecule has 178 valence electrons. The summed E-state index contributed by atoms with van der Waals surface area (Å²) in [5.41, 5.74) is 4.25. The van der Waals surface area contributed by atoms with Gasteiger partial charge in [-0.3, -0.25) is 4.79 Å². The highest BCUT2D eigenvalue weighted by atomic mass is 16.5. The number of nitrogens with one attached hydrogen (secondary N) is 1. The van der Waals surface area contributed by atoms with Crippen molar-refractivity contribution in [3.63, 3.8) is 0 Å². The van der Waals surface area contributed by atoms with Crippen LogP contribution in [0.2, 0.25) is 0 Å². The van der Waals surface area contributed by atoms with Gasteiger partial charge in [-0.1, -0.05) is 5.21 Å². The molecule has 3 heterocycles. The summed E-state index contributed by atoms with van der Waals surface area (Å²) in [4.78, 5) is 16.1. The van der Waals surface area contributed by atoms with Gasteiger partial charge < -0.3 is 15.2 Å². The summed E-state index contributed by atoms with van der Waals surface area (Å²) in [6, 6.07) is 5.82. The van der Waals surface area contributed by atoms with Crippen LogP contribution in [0.1, 0.15) is 61.4 Å². The van der Waals surface area contributed by atoms with Gasteiger partial charge in [0.1, 0.15) is 17.3 Å². The van der Waals surface area contributed by atoms with E-state index in [0.717, 1.165) is 30.0 Å². The molecule has 2 atom stereocenters. The Morgan fingerprint density at radius 1 is 1.24 bits per heavy atom. The minimum atomic E-state index is -0.743. The second-order valence-electron chi connectivity index (χ2n) is 9.23. The van der Waals surface area contributed by atoms with Crippen LogP contribution in [0.4, 0.5) is 5.82 Å². The molecule has 0 aromatic carbocycles. The van der Waals surface area contributed by atoms with Crippen molar-refractivity contribution in [3.05, 3.63) is 41.3 Å². The number of nitrogens with zero attached hydrogens (tertiary/aromatic N) is 6. The Morgan fingerprint density at radius 2 is 2.09 bits per heavy atom. The fourth-order valence-corrected chi connectivity index (χ4v) is 4.52. The lowest BCUT2D eigenvalue weighted by atomic mass is 9.87. The lowest BCUT2D eigenvalue weighted by Gasteiger charge is -2.27. The maximum absolute atomic E-state index is 11.4. The highest BCUT2D eigenvalue weighted by Crippen LogP contribution is 2.40. The van der Waals surface area contributed by atoms with E-state index in [0.29, 0.717) is 42.4 Å². The van der Waals surface area contributed by atoms with Gasteiger partial charge in [0, 0.05) is 7.05 Å². The van der Waals surface area contributed by atoms with Crippen molar-refractivity contribution < 1.29 is 14.6 Å². The van der Waals surface area contributed by atoms with Crippen molar-refractivity contribution in [1.82, 2.24) is 30.2 Å². The van der Waals surface area contributed by atoms with Crippen molar-refractivity contribution in [2.45, 2.75) is 64.0 Å². The van der Waals surface area contributed by atoms with E-state index in [1.54, 1.807) is 4.68 Å². The molecule has 2 N–H and O–H groups in total. The highest BCUT2D eigenvalue weighted by molar-refractivity contribution is 5.70. The molecule has 5 rings (SSSR count). The first-order valence-corrected chi connectivity index (χ1v) is 11.8. The predicted octanol–water partition coefficient (Wildman–Crippen LogP) is 3.49. The number of rotatable bonds is 8. The molecule has 0 aliphatic heterocycles. The van der Waals surface area contributed by atoms with Gasteiger partial charge in [0.2, 0.25) is 0 Å². The largest absolute Gasteiger partial charge is 0.489 e. The molecule has 34 heavy (non-hydrogen) atoms. The molecular formula is C24H29N7O3. The first-order chi connectivity index (χ1) is 16.5. The zero-order chi connectivity index (χ0) is 23.7. The molecule has 2 fully saturated rings. The summed E-state index contributed by atoms with van der Waals surface area (Å²) in [7, 11) is 1.85. The highest BCUT2D eigenvalue weighted by Gasteiger charge is 2.29. The van der Waals surface area contributed by atoms with Crippen LogP contribution in [-0.4, -0.2) is 47.4 Å². The van der Waals surface area contributed by atoms with Gasteiger partial charge in [0.15, 0.2) is 0 Å². The zero-order valence-electron chi connectivity index (χ0n) is 19.4. The SMILES string of the molecule is Cc1nc(-c2nnn(C)c2CNc2cc(C3CC3)cnn2)ccc1O[C@H]1CCC[C@H](C(=O)O)C1. The van der Waals surface area contributed by atoms with Crippen LogP contribution in [0.3, 0.4) is 0 Å². The number of hydrogen-bond donors (Lipinski definition) is 2. The number of aryl methyl sites for hydroxylation is 2. The van der Waals surface area contributed by atoms with E-state index < -0.39 is 5.97 Å². The molecule has 3 aromatic rings. The maximum atomic E-state index is 11.4. The Bertz CT molecular complexity index is 1190. The summed E-state index contributed by atoms with van der Waals surface area (Å²) in [6.07, 6.45) is 7.12. The van der Waals surface area contributed by atoms with Gasteiger partial charge in [-0.05, 0) is 75.1 Å². The van der Waals surface area contributed by atoms with Gasteiger partial charge in [-0.15, -0.1) is 10.2 Å². The van der Waals surface area contributed by atoms with Crippen LogP contribution in [0.15, 0.2) is 24.4 Å². The number of aliphatic carboxylic acids is 1. The smallest absolute Gasteiger partial charge is 0.306 e. The van der Waals surface area contributed by atoms with E-state index in [1.165, 1.54) is 18.4 Å². The van der Waals surface area contributed by atoms with Crippen molar-refractivity contribution in [2.24, 2.45) is 13.0 Å². The van der Waals surface area contributed by atoms with Crippen LogP contribution in [0.5, 0.6) is 5.75 Å². The van der Waals surface area contributed by atoms with Crippen LogP contribution in [-0.2, 0) is 18.4 Å². The average Bonchev–Trinajstić information content (AvgIpc) is 3.62. The summed E-state index contributed by atoms with van der Waals surface area (Å²) in [5, 5.41) is 29.5. The predicted molar refractivity (Wildman–Crippen MR) is 124 cm³/mol. The topological polar surface area (TPSA) is 128 Å². The summed E-state index contributed by atoms with van der Waals surface area (Å²) >= 11 is 0. The molecule has 0 spiro atoms. The molecule has 0 amide bonds. The molecule has 0 bridgehead atoms. The van der Waals surface area contributed by atoms with Crippen molar-refractivity contribution in [2.75, 3.05) is 5.32 Å². The molecule has 2 aliphatic carbocycles. The fourth-order valence-electron chi connectivity index (χ4n) is 4.52. The van der Waals surface area contributed by atoms with Gasteiger partial charge in [0.05, 0.1) is 41.8 Å². The quantitative estimate of drug-likeness (QED) is 0.516. The summed E-state index contributed by atoms with van der Waals surface area (Å²) in [6.45, 7) is 2.38. The Hall–Kier alpha value is -3.56. The molecule has 0 unspecified atom stereocenters. The van der Waals surface area contributed by atoms with Gasteiger partial charge in [0.25, 0.3) is 0 Å².